The van der Waals surface area contributed by atoms with Gasteiger partial charge in [-0.1, -0.05) is 37.6 Å². The van der Waals surface area contributed by atoms with Crippen molar-refractivity contribution in [3.63, 3.8) is 0 Å². The quantitative estimate of drug-likeness (QED) is 0.796. The van der Waals surface area contributed by atoms with E-state index in [2.05, 4.69) is 32.2 Å². The molecule has 0 saturated heterocycles. The Kier molecular flexibility index (Phi) is 11.1. The molecule has 25 heavy (non-hydrogen) atoms. The number of nitrogens with two attached hydrogens (primary N) is 1. The molecule has 1 aliphatic heterocycles. The first-order valence-corrected chi connectivity index (χ1v) is 8.72. The van der Waals surface area contributed by atoms with Gasteiger partial charge in [0, 0.05) is 30.8 Å². The first-order chi connectivity index (χ1) is 11.9. The SMILES string of the molecule is C=C.CC1=CN(C(=O)C(N)C(C)C)CCC1c1ccc(Cl)cc1.CO. The van der Waals surface area contributed by atoms with Crippen LogP contribution in [0.1, 0.15) is 38.7 Å². The van der Waals surface area contributed by atoms with Crippen LogP contribution in [0.4, 0.5) is 0 Å². The molecule has 3 N–H and O–H groups in total. The smallest absolute Gasteiger partial charge is 0.243 e. The van der Waals surface area contributed by atoms with Crippen molar-refractivity contribution in [2.24, 2.45) is 11.7 Å². The van der Waals surface area contributed by atoms with Gasteiger partial charge in [0.05, 0.1) is 6.04 Å². The summed E-state index contributed by atoms with van der Waals surface area (Å²) in [5.41, 5.74) is 8.40. The van der Waals surface area contributed by atoms with Crippen LogP contribution in [-0.4, -0.2) is 35.6 Å². The second kappa shape index (κ2) is 11.9. The van der Waals surface area contributed by atoms with E-state index in [-0.39, 0.29) is 11.8 Å². The summed E-state index contributed by atoms with van der Waals surface area (Å²) in [6.07, 6.45) is 2.87. The van der Waals surface area contributed by atoms with E-state index in [4.69, 9.17) is 22.4 Å². The first kappa shape index (κ1) is 23.4. The molecule has 1 aliphatic rings. The van der Waals surface area contributed by atoms with Gasteiger partial charge in [0.1, 0.15) is 0 Å². The predicted octanol–water partition coefficient (Wildman–Crippen LogP) is 3.95. The molecule has 2 unspecified atom stereocenters. The number of amides is 1. The molecule has 1 amide bonds. The lowest BCUT2D eigenvalue weighted by atomic mass is 9.87. The largest absolute Gasteiger partial charge is 0.400 e. The fourth-order valence-corrected chi connectivity index (χ4v) is 2.80. The fraction of sp³-hybridized carbons (Fsp3) is 0.450. The minimum atomic E-state index is -0.430. The Bertz CT molecular complexity index is 555. The minimum Gasteiger partial charge on any atom is -0.400 e. The number of allylic oxidation sites excluding steroid dienone is 1. The van der Waals surface area contributed by atoms with Crippen LogP contribution in [-0.2, 0) is 4.79 Å². The molecule has 0 fully saturated rings. The third-order valence-electron chi connectivity index (χ3n) is 4.13. The molecule has 0 radical (unpaired) electrons. The predicted molar refractivity (Wildman–Crippen MR) is 106 cm³/mol. The number of aliphatic hydroxyl groups excluding tert-OH is 1. The molecule has 0 saturated carbocycles. The number of halogens is 1. The Balaban J connectivity index is 0.00000134. The molecular formula is C20H31ClN2O2. The zero-order chi connectivity index (χ0) is 19.6. The monoisotopic (exact) mass is 366 g/mol. The second-order valence-corrected chi connectivity index (χ2v) is 6.50. The molecule has 2 rings (SSSR count). The number of hydrogen-bond donors (Lipinski definition) is 2. The van der Waals surface area contributed by atoms with Crippen LogP contribution in [0.5, 0.6) is 0 Å². The van der Waals surface area contributed by atoms with E-state index in [1.807, 2.05) is 32.2 Å². The van der Waals surface area contributed by atoms with Crippen molar-refractivity contribution in [1.29, 1.82) is 0 Å². The average molecular weight is 367 g/mol. The summed E-state index contributed by atoms with van der Waals surface area (Å²) in [6, 6.07) is 7.51. The van der Waals surface area contributed by atoms with E-state index in [1.54, 1.807) is 4.90 Å². The Morgan fingerprint density at radius 3 is 2.24 bits per heavy atom. The highest BCUT2D eigenvalue weighted by Gasteiger charge is 2.27. The normalized spacial score (nSPS) is 17.5. The molecule has 1 aromatic carbocycles. The van der Waals surface area contributed by atoms with Crippen molar-refractivity contribution in [3.05, 3.63) is 59.8 Å². The van der Waals surface area contributed by atoms with Crippen LogP contribution in [0.15, 0.2) is 49.2 Å². The van der Waals surface area contributed by atoms with E-state index >= 15 is 0 Å². The fourth-order valence-electron chi connectivity index (χ4n) is 2.67. The molecule has 1 heterocycles. The van der Waals surface area contributed by atoms with Crippen LogP contribution in [0.2, 0.25) is 5.02 Å². The standard InChI is InChI=1S/C17H23ClN2O.C2H4.CH4O/c1-11(2)16(19)17(21)20-9-8-15(12(3)10-20)13-4-6-14(18)7-5-13;2*1-2/h4-7,10-11,15-16H,8-9,19H2,1-3H3;1-2H2;2H,1H3. The van der Waals surface area contributed by atoms with Gasteiger partial charge in [-0.15, -0.1) is 13.2 Å². The highest BCUT2D eigenvalue weighted by molar-refractivity contribution is 6.30. The van der Waals surface area contributed by atoms with E-state index in [9.17, 15) is 4.79 Å². The highest BCUT2D eigenvalue weighted by Crippen LogP contribution is 2.32. The van der Waals surface area contributed by atoms with Gasteiger partial charge in [0.15, 0.2) is 0 Å². The number of aliphatic hydroxyl groups is 1. The van der Waals surface area contributed by atoms with Gasteiger partial charge in [-0.05, 0) is 42.5 Å². The number of benzene rings is 1. The van der Waals surface area contributed by atoms with E-state index in [1.165, 1.54) is 11.1 Å². The number of carbonyl (C=O) groups is 1. The maximum Gasteiger partial charge on any atom is 0.243 e. The molecule has 5 heteroatoms. The number of nitrogens with zero attached hydrogens (tertiary/aromatic N) is 1. The lowest BCUT2D eigenvalue weighted by Gasteiger charge is -2.32. The molecular weight excluding hydrogens is 336 g/mol. The van der Waals surface area contributed by atoms with Crippen LogP contribution in [0.25, 0.3) is 0 Å². The highest BCUT2D eigenvalue weighted by atomic mass is 35.5. The molecule has 0 bridgehead atoms. The van der Waals surface area contributed by atoms with Crippen molar-refractivity contribution in [2.75, 3.05) is 13.7 Å². The zero-order valence-electron chi connectivity index (χ0n) is 15.7. The summed E-state index contributed by atoms with van der Waals surface area (Å²) in [5, 5.41) is 7.75. The third-order valence-corrected chi connectivity index (χ3v) is 4.38. The summed E-state index contributed by atoms with van der Waals surface area (Å²) in [7, 11) is 1.00. The van der Waals surface area contributed by atoms with E-state index in [0.29, 0.717) is 12.5 Å². The van der Waals surface area contributed by atoms with Gasteiger partial charge in [-0.2, -0.15) is 0 Å². The van der Waals surface area contributed by atoms with Gasteiger partial charge in [-0.25, -0.2) is 0 Å². The molecule has 140 valence electrons. The van der Waals surface area contributed by atoms with Crippen molar-refractivity contribution in [2.45, 2.75) is 39.2 Å². The second-order valence-electron chi connectivity index (χ2n) is 6.07. The lowest BCUT2D eigenvalue weighted by molar-refractivity contribution is -0.131. The van der Waals surface area contributed by atoms with Crippen molar-refractivity contribution >= 4 is 17.5 Å². The molecule has 4 nitrogen and oxygen atoms in total. The minimum absolute atomic E-state index is 0.0129. The van der Waals surface area contributed by atoms with Crippen LogP contribution in [0, 0.1) is 5.92 Å². The lowest BCUT2D eigenvalue weighted by Crippen LogP contribution is -2.46. The number of carbonyl (C=O) groups excluding carboxylic acids is 1. The van der Waals surface area contributed by atoms with Crippen molar-refractivity contribution in [3.8, 4) is 0 Å². The zero-order valence-corrected chi connectivity index (χ0v) is 16.5. The number of rotatable bonds is 3. The van der Waals surface area contributed by atoms with Gasteiger partial charge in [0.2, 0.25) is 5.91 Å². The average Bonchev–Trinajstić information content (AvgIpc) is 2.64. The van der Waals surface area contributed by atoms with Crippen LogP contribution >= 0.6 is 11.6 Å². The Hall–Kier alpha value is -1.62. The topological polar surface area (TPSA) is 66.6 Å². The van der Waals surface area contributed by atoms with E-state index in [0.717, 1.165) is 18.6 Å². The molecule has 1 aromatic rings. The Labute approximate surface area is 157 Å². The summed E-state index contributed by atoms with van der Waals surface area (Å²) in [4.78, 5) is 14.1. The number of hydrogen-bond acceptors (Lipinski definition) is 3. The third kappa shape index (κ3) is 6.65. The maximum absolute atomic E-state index is 12.3. The van der Waals surface area contributed by atoms with Crippen molar-refractivity contribution in [1.82, 2.24) is 4.90 Å². The first-order valence-electron chi connectivity index (χ1n) is 8.34. The van der Waals surface area contributed by atoms with Gasteiger partial charge < -0.3 is 15.7 Å². The van der Waals surface area contributed by atoms with E-state index < -0.39 is 6.04 Å². The molecule has 2 atom stereocenters. The van der Waals surface area contributed by atoms with Gasteiger partial charge in [0.25, 0.3) is 0 Å². The summed E-state index contributed by atoms with van der Waals surface area (Å²) >= 11 is 5.93. The van der Waals surface area contributed by atoms with Crippen molar-refractivity contribution < 1.29 is 9.90 Å². The maximum atomic E-state index is 12.3. The van der Waals surface area contributed by atoms with Crippen LogP contribution < -0.4 is 5.73 Å². The molecule has 0 aliphatic carbocycles. The summed E-state index contributed by atoms with van der Waals surface area (Å²) < 4.78 is 0. The molecule has 0 spiro atoms. The van der Waals surface area contributed by atoms with Gasteiger partial charge >= 0.3 is 0 Å². The van der Waals surface area contributed by atoms with Gasteiger partial charge in [-0.3, -0.25) is 4.79 Å². The Morgan fingerprint density at radius 2 is 1.80 bits per heavy atom. The molecule has 0 aromatic heterocycles. The summed E-state index contributed by atoms with van der Waals surface area (Å²) in [5.74, 6) is 0.515. The van der Waals surface area contributed by atoms with Crippen LogP contribution in [0.3, 0.4) is 0 Å². The Morgan fingerprint density at radius 1 is 1.28 bits per heavy atom. The summed E-state index contributed by atoms with van der Waals surface area (Å²) in [6.45, 7) is 12.7.